The number of carbonyl (C=O) groups excluding carboxylic acids is 1. The van der Waals surface area contributed by atoms with Gasteiger partial charge in [-0.25, -0.2) is 0 Å². The van der Waals surface area contributed by atoms with Crippen LogP contribution in [-0.4, -0.2) is 39.6 Å². The molecule has 1 saturated heterocycles. The van der Waals surface area contributed by atoms with Gasteiger partial charge in [0.05, 0.1) is 11.8 Å². The summed E-state index contributed by atoms with van der Waals surface area (Å²) in [5, 5.41) is 0. The number of benzene rings is 1. The third-order valence-electron chi connectivity index (χ3n) is 3.88. The van der Waals surface area contributed by atoms with E-state index in [1.165, 1.54) is 11.1 Å². The van der Waals surface area contributed by atoms with Crippen LogP contribution in [-0.2, 0) is 10.5 Å². The van der Waals surface area contributed by atoms with E-state index in [4.69, 9.17) is 0 Å². The largest absolute Gasteiger partial charge is 0.333 e. The van der Waals surface area contributed by atoms with Crippen molar-refractivity contribution >= 4 is 29.4 Å². The van der Waals surface area contributed by atoms with Gasteiger partial charge >= 0.3 is 0 Å². The monoisotopic (exact) mass is 344 g/mol. The molecule has 23 heavy (non-hydrogen) atoms. The fourth-order valence-corrected chi connectivity index (χ4v) is 4.63. The molecular formula is C18H20N2OS2. The lowest BCUT2D eigenvalue weighted by atomic mass is 10.1. The maximum atomic E-state index is 12.7. The number of nitrogens with zero attached hydrogens (tertiary/aromatic N) is 2. The first-order chi connectivity index (χ1) is 11.3. The first-order valence-corrected chi connectivity index (χ1v) is 10.0. The predicted octanol–water partition coefficient (Wildman–Crippen LogP) is 3.63. The number of aromatic nitrogens is 1. The molecule has 0 saturated carbocycles. The van der Waals surface area contributed by atoms with Crippen LogP contribution in [0.2, 0.25) is 0 Å². The van der Waals surface area contributed by atoms with Gasteiger partial charge in [0.15, 0.2) is 0 Å². The highest BCUT2D eigenvalue weighted by Gasteiger charge is 2.27. The molecule has 3 rings (SSSR count). The highest BCUT2D eigenvalue weighted by molar-refractivity contribution is 7.99. The van der Waals surface area contributed by atoms with Crippen molar-refractivity contribution in [3.63, 3.8) is 0 Å². The van der Waals surface area contributed by atoms with Crippen molar-refractivity contribution in [1.82, 2.24) is 9.88 Å². The Kier molecular flexibility index (Phi) is 6.00. The van der Waals surface area contributed by atoms with Crippen LogP contribution in [0.25, 0.3) is 0 Å². The third-order valence-corrected chi connectivity index (χ3v) is 5.89. The molecule has 0 radical (unpaired) electrons. The zero-order valence-corrected chi connectivity index (χ0v) is 14.6. The lowest BCUT2D eigenvalue weighted by Gasteiger charge is -2.35. The maximum Gasteiger partial charge on any atom is 0.233 e. The Balaban J connectivity index is 1.58. The van der Waals surface area contributed by atoms with Crippen molar-refractivity contribution in [2.45, 2.75) is 11.8 Å². The van der Waals surface area contributed by atoms with E-state index in [0.717, 1.165) is 23.8 Å². The Morgan fingerprint density at radius 1 is 1.22 bits per heavy atom. The summed E-state index contributed by atoms with van der Waals surface area (Å²) in [6.45, 7) is 0.846. The number of hydrogen-bond donors (Lipinski definition) is 0. The minimum atomic E-state index is 0.212. The minimum absolute atomic E-state index is 0.212. The molecule has 2 aromatic rings. The topological polar surface area (TPSA) is 33.2 Å². The van der Waals surface area contributed by atoms with Crippen LogP contribution >= 0.6 is 23.5 Å². The lowest BCUT2D eigenvalue weighted by molar-refractivity contribution is -0.130. The highest BCUT2D eigenvalue weighted by Crippen LogP contribution is 2.30. The van der Waals surface area contributed by atoms with Gasteiger partial charge in [0, 0.05) is 36.2 Å². The van der Waals surface area contributed by atoms with Gasteiger partial charge in [0.1, 0.15) is 0 Å². The Morgan fingerprint density at radius 3 is 2.78 bits per heavy atom. The van der Waals surface area contributed by atoms with Gasteiger partial charge in [-0.3, -0.25) is 9.78 Å². The van der Waals surface area contributed by atoms with E-state index >= 15 is 0 Å². The summed E-state index contributed by atoms with van der Waals surface area (Å²) in [6.07, 6.45) is 3.59. The van der Waals surface area contributed by atoms with Crippen LogP contribution in [0.15, 0.2) is 54.9 Å². The van der Waals surface area contributed by atoms with Gasteiger partial charge in [0.25, 0.3) is 0 Å². The SMILES string of the molecule is O=C(CSCc1ccncc1)N1CCSC[C@@H]1c1ccccc1. The zero-order valence-electron chi connectivity index (χ0n) is 12.9. The number of carbonyl (C=O) groups is 1. The van der Waals surface area contributed by atoms with Gasteiger partial charge in [0.2, 0.25) is 5.91 Å². The van der Waals surface area contributed by atoms with Crippen LogP contribution in [0, 0.1) is 0 Å². The molecule has 1 fully saturated rings. The fourth-order valence-electron chi connectivity index (χ4n) is 2.67. The van der Waals surface area contributed by atoms with Crippen LogP contribution in [0.4, 0.5) is 0 Å². The second kappa shape index (κ2) is 8.41. The molecule has 2 heterocycles. The summed E-state index contributed by atoms with van der Waals surface area (Å²) >= 11 is 3.61. The summed E-state index contributed by atoms with van der Waals surface area (Å²) in [5.41, 5.74) is 2.46. The van der Waals surface area contributed by atoms with Gasteiger partial charge in [-0.05, 0) is 23.3 Å². The maximum absolute atomic E-state index is 12.7. The normalized spacial score (nSPS) is 17.9. The summed E-state index contributed by atoms with van der Waals surface area (Å²) in [5.74, 6) is 3.66. The minimum Gasteiger partial charge on any atom is -0.333 e. The van der Waals surface area contributed by atoms with Gasteiger partial charge in [-0.1, -0.05) is 30.3 Å². The van der Waals surface area contributed by atoms with Crippen LogP contribution < -0.4 is 0 Å². The van der Waals surface area contributed by atoms with E-state index in [1.54, 1.807) is 24.2 Å². The standard InChI is InChI=1S/C18H20N2OS2/c21-18(14-23-12-15-6-8-19-9-7-15)20-10-11-22-13-17(20)16-4-2-1-3-5-16/h1-9,17H,10-14H2/t17-/m1/s1. The molecule has 120 valence electrons. The molecule has 1 aliphatic rings. The van der Waals surface area contributed by atoms with E-state index in [1.807, 2.05) is 30.0 Å². The quantitative estimate of drug-likeness (QED) is 0.829. The second-order valence-electron chi connectivity index (χ2n) is 5.44. The molecule has 0 aliphatic carbocycles. The lowest BCUT2D eigenvalue weighted by Crippen LogP contribution is -2.41. The first kappa shape index (κ1) is 16.4. The predicted molar refractivity (Wildman–Crippen MR) is 98.6 cm³/mol. The van der Waals surface area contributed by atoms with E-state index in [2.05, 4.69) is 34.1 Å². The second-order valence-corrected chi connectivity index (χ2v) is 7.57. The number of thioether (sulfide) groups is 2. The number of pyridine rings is 1. The van der Waals surface area contributed by atoms with E-state index in [9.17, 15) is 4.79 Å². The molecule has 5 heteroatoms. The van der Waals surface area contributed by atoms with Crippen LogP contribution in [0.3, 0.4) is 0 Å². The van der Waals surface area contributed by atoms with Crippen molar-refractivity contribution in [2.75, 3.05) is 23.8 Å². The van der Waals surface area contributed by atoms with Crippen molar-refractivity contribution in [1.29, 1.82) is 0 Å². The summed E-state index contributed by atoms with van der Waals surface area (Å²) in [7, 11) is 0. The Hall–Kier alpha value is -1.46. The molecule has 0 spiro atoms. The Morgan fingerprint density at radius 2 is 2.00 bits per heavy atom. The molecule has 1 aliphatic heterocycles. The summed E-state index contributed by atoms with van der Waals surface area (Å²) in [4.78, 5) is 18.7. The van der Waals surface area contributed by atoms with E-state index in [0.29, 0.717) is 5.75 Å². The molecule has 0 unspecified atom stereocenters. The molecule has 1 amide bonds. The summed E-state index contributed by atoms with van der Waals surface area (Å²) < 4.78 is 0. The van der Waals surface area contributed by atoms with Crippen molar-refractivity contribution in [3.8, 4) is 0 Å². The molecule has 0 N–H and O–H groups in total. The Labute approximate surface area is 145 Å². The van der Waals surface area contributed by atoms with E-state index in [-0.39, 0.29) is 11.9 Å². The molecule has 1 aromatic heterocycles. The van der Waals surface area contributed by atoms with Gasteiger partial charge in [-0.2, -0.15) is 11.8 Å². The zero-order chi connectivity index (χ0) is 15.9. The van der Waals surface area contributed by atoms with Gasteiger partial charge < -0.3 is 4.90 Å². The first-order valence-electron chi connectivity index (χ1n) is 7.73. The number of rotatable bonds is 5. The summed E-state index contributed by atoms with van der Waals surface area (Å²) in [6, 6.07) is 14.6. The van der Waals surface area contributed by atoms with E-state index < -0.39 is 0 Å². The third kappa shape index (κ3) is 4.52. The molecule has 1 aromatic carbocycles. The number of hydrogen-bond acceptors (Lipinski definition) is 4. The molecule has 0 bridgehead atoms. The van der Waals surface area contributed by atoms with Crippen molar-refractivity contribution < 1.29 is 4.79 Å². The Bertz CT molecular complexity index is 621. The van der Waals surface area contributed by atoms with Crippen LogP contribution in [0.1, 0.15) is 17.2 Å². The average molecular weight is 345 g/mol. The smallest absolute Gasteiger partial charge is 0.233 e. The van der Waals surface area contributed by atoms with Crippen LogP contribution in [0.5, 0.6) is 0 Å². The highest BCUT2D eigenvalue weighted by atomic mass is 32.2. The van der Waals surface area contributed by atoms with Gasteiger partial charge in [-0.15, -0.1) is 11.8 Å². The molecule has 1 atom stereocenters. The molecular weight excluding hydrogens is 324 g/mol. The average Bonchev–Trinajstić information content (AvgIpc) is 2.63. The molecule has 3 nitrogen and oxygen atoms in total. The van der Waals surface area contributed by atoms with Crippen molar-refractivity contribution in [2.24, 2.45) is 0 Å². The number of amides is 1. The fraction of sp³-hybridized carbons (Fsp3) is 0.333. The van der Waals surface area contributed by atoms with Crippen molar-refractivity contribution in [3.05, 3.63) is 66.0 Å².